The fraction of sp³-hybridized carbons (Fsp3) is 0.118. The summed E-state index contributed by atoms with van der Waals surface area (Å²) in [5.41, 5.74) is 6.17. The summed E-state index contributed by atoms with van der Waals surface area (Å²) in [6.07, 6.45) is 22.4. The second-order valence-electron chi connectivity index (χ2n) is 8.25. The molecule has 0 aliphatic rings. The van der Waals surface area contributed by atoms with Crippen molar-refractivity contribution in [2.24, 2.45) is 0 Å². The molecule has 0 aliphatic heterocycles. The van der Waals surface area contributed by atoms with Gasteiger partial charge in [-0.3, -0.25) is 0 Å². The van der Waals surface area contributed by atoms with Crippen molar-refractivity contribution in [2.45, 2.75) is 20.8 Å². The van der Waals surface area contributed by atoms with E-state index in [1.807, 2.05) is 37.3 Å². The van der Waals surface area contributed by atoms with Crippen molar-refractivity contribution in [3.63, 3.8) is 0 Å². The standard InChI is InChI=1S/C34H35N/c1-5-7-9-11-12-14-20-28(3)29(4)31-25-26-34(33-24-18-17-23-32(31)33)35(27-19-10-8-6-2)30-21-15-13-16-22-30/h5-26H,1,27H2,2-4H3/b8-6-,9-7+,12-11-,19-10-,20-14-,29-28-. The Kier molecular flexibility index (Phi) is 9.89. The van der Waals surface area contributed by atoms with E-state index in [0.717, 1.165) is 6.54 Å². The van der Waals surface area contributed by atoms with Gasteiger partial charge < -0.3 is 4.90 Å². The molecule has 35 heavy (non-hydrogen) atoms. The molecular formula is C34H35N. The summed E-state index contributed by atoms with van der Waals surface area (Å²) in [4.78, 5) is 2.37. The van der Waals surface area contributed by atoms with E-state index in [2.05, 4.69) is 122 Å². The van der Waals surface area contributed by atoms with Crippen LogP contribution in [0.4, 0.5) is 11.4 Å². The van der Waals surface area contributed by atoms with Crippen LogP contribution in [0, 0.1) is 0 Å². The third kappa shape index (κ3) is 6.94. The number of fused-ring (bicyclic) bond motifs is 1. The van der Waals surface area contributed by atoms with Gasteiger partial charge >= 0.3 is 0 Å². The van der Waals surface area contributed by atoms with Gasteiger partial charge in [0.2, 0.25) is 0 Å². The molecule has 1 heteroatoms. The van der Waals surface area contributed by atoms with Gasteiger partial charge in [-0.05, 0) is 61.1 Å². The van der Waals surface area contributed by atoms with E-state index in [9.17, 15) is 0 Å². The highest BCUT2D eigenvalue weighted by Crippen LogP contribution is 2.36. The summed E-state index contributed by atoms with van der Waals surface area (Å²) in [5.74, 6) is 0. The first-order valence-corrected chi connectivity index (χ1v) is 12.1. The average molecular weight is 458 g/mol. The summed E-state index contributed by atoms with van der Waals surface area (Å²) in [7, 11) is 0. The molecule has 3 rings (SSSR count). The first-order valence-electron chi connectivity index (χ1n) is 12.1. The lowest BCUT2D eigenvalue weighted by Gasteiger charge is -2.26. The molecule has 0 fully saturated rings. The SMILES string of the molecule is C=C/C=C/C=C\C=C/C(C)=C(/C)c1ccc(N(C/C=C\C=C/C)c2ccccc2)c2ccccc12. The topological polar surface area (TPSA) is 3.24 Å². The van der Waals surface area contributed by atoms with Gasteiger partial charge in [-0.1, -0.05) is 122 Å². The number of allylic oxidation sites excluding steroid dienone is 12. The van der Waals surface area contributed by atoms with Crippen molar-refractivity contribution in [3.8, 4) is 0 Å². The summed E-state index contributed by atoms with van der Waals surface area (Å²) in [6, 6.07) is 23.8. The molecule has 3 aromatic rings. The highest BCUT2D eigenvalue weighted by molar-refractivity contribution is 6.02. The van der Waals surface area contributed by atoms with Crippen molar-refractivity contribution >= 4 is 27.7 Å². The molecule has 1 nitrogen and oxygen atoms in total. The first-order chi connectivity index (χ1) is 17.2. The molecule has 0 amide bonds. The van der Waals surface area contributed by atoms with E-state index in [1.165, 1.54) is 38.9 Å². The molecule has 0 radical (unpaired) electrons. The van der Waals surface area contributed by atoms with Crippen molar-refractivity contribution in [1.29, 1.82) is 0 Å². The highest BCUT2D eigenvalue weighted by atomic mass is 15.1. The van der Waals surface area contributed by atoms with Gasteiger partial charge in [0.05, 0.1) is 0 Å². The van der Waals surface area contributed by atoms with Crippen molar-refractivity contribution in [3.05, 3.63) is 151 Å². The van der Waals surface area contributed by atoms with Crippen LogP contribution in [0.15, 0.2) is 146 Å². The fourth-order valence-electron chi connectivity index (χ4n) is 3.96. The van der Waals surface area contributed by atoms with Gasteiger partial charge in [-0.25, -0.2) is 0 Å². The zero-order valence-corrected chi connectivity index (χ0v) is 21.1. The lowest BCUT2D eigenvalue weighted by Crippen LogP contribution is -2.17. The zero-order valence-electron chi connectivity index (χ0n) is 21.1. The zero-order chi connectivity index (χ0) is 24.9. The molecule has 0 unspecified atom stereocenters. The van der Waals surface area contributed by atoms with E-state index in [0.29, 0.717) is 0 Å². The lowest BCUT2D eigenvalue weighted by molar-refractivity contribution is 1.10. The van der Waals surface area contributed by atoms with Crippen LogP contribution in [-0.2, 0) is 0 Å². The van der Waals surface area contributed by atoms with Crippen molar-refractivity contribution in [2.75, 3.05) is 11.4 Å². The van der Waals surface area contributed by atoms with Gasteiger partial charge in [0.1, 0.15) is 0 Å². The Morgan fingerprint density at radius 1 is 0.743 bits per heavy atom. The first kappa shape index (κ1) is 25.5. The van der Waals surface area contributed by atoms with Crippen molar-refractivity contribution in [1.82, 2.24) is 0 Å². The normalized spacial score (nSPS) is 13.1. The lowest BCUT2D eigenvalue weighted by atomic mass is 9.94. The minimum Gasteiger partial charge on any atom is -0.337 e. The minimum atomic E-state index is 0.793. The predicted molar refractivity (Wildman–Crippen MR) is 157 cm³/mol. The smallest absolute Gasteiger partial charge is 0.0493 e. The van der Waals surface area contributed by atoms with Crippen LogP contribution in [-0.4, -0.2) is 6.54 Å². The highest BCUT2D eigenvalue weighted by Gasteiger charge is 2.14. The molecule has 0 bridgehead atoms. The number of hydrogen-bond donors (Lipinski definition) is 0. The molecule has 0 spiro atoms. The molecule has 3 aromatic carbocycles. The minimum absolute atomic E-state index is 0.793. The van der Waals surface area contributed by atoms with Gasteiger partial charge in [0, 0.05) is 23.3 Å². The van der Waals surface area contributed by atoms with Gasteiger partial charge in [-0.2, -0.15) is 0 Å². The molecule has 0 saturated heterocycles. The van der Waals surface area contributed by atoms with E-state index >= 15 is 0 Å². The van der Waals surface area contributed by atoms with E-state index in [-0.39, 0.29) is 0 Å². The number of benzene rings is 3. The monoisotopic (exact) mass is 457 g/mol. The summed E-state index contributed by atoms with van der Waals surface area (Å²) in [6.45, 7) is 10.9. The summed E-state index contributed by atoms with van der Waals surface area (Å²) in [5, 5.41) is 2.51. The van der Waals surface area contributed by atoms with Crippen LogP contribution in [0.3, 0.4) is 0 Å². The number of hydrogen-bond acceptors (Lipinski definition) is 1. The third-order valence-corrected chi connectivity index (χ3v) is 5.91. The quantitative estimate of drug-likeness (QED) is 0.274. The van der Waals surface area contributed by atoms with Gasteiger partial charge in [0.15, 0.2) is 0 Å². The van der Waals surface area contributed by atoms with Crippen LogP contribution in [0.5, 0.6) is 0 Å². The Morgan fingerprint density at radius 3 is 2.17 bits per heavy atom. The molecule has 176 valence electrons. The molecule has 0 saturated carbocycles. The maximum absolute atomic E-state index is 3.69. The number of rotatable bonds is 10. The maximum Gasteiger partial charge on any atom is 0.0493 e. The van der Waals surface area contributed by atoms with Crippen LogP contribution >= 0.6 is 0 Å². The second-order valence-corrected chi connectivity index (χ2v) is 8.25. The third-order valence-electron chi connectivity index (χ3n) is 5.91. The second kappa shape index (κ2) is 13.6. The largest absolute Gasteiger partial charge is 0.337 e. The Labute approximate surface area is 211 Å². The number of nitrogens with zero attached hydrogens (tertiary/aromatic N) is 1. The summed E-state index contributed by atoms with van der Waals surface area (Å²) >= 11 is 0. The van der Waals surface area contributed by atoms with Crippen LogP contribution < -0.4 is 4.90 Å². The van der Waals surface area contributed by atoms with E-state index in [1.54, 1.807) is 6.08 Å². The number of para-hydroxylation sites is 1. The molecule has 0 aromatic heterocycles. The Hall–Kier alpha value is -4.10. The Balaban J connectivity index is 2.05. The Morgan fingerprint density at radius 2 is 1.43 bits per heavy atom. The summed E-state index contributed by atoms with van der Waals surface area (Å²) < 4.78 is 0. The molecule has 0 heterocycles. The van der Waals surface area contributed by atoms with Crippen LogP contribution in [0.2, 0.25) is 0 Å². The molecule has 0 aliphatic carbocycles. The van der Waals surface area contributed by atoms with Crippen LogP contribution in [0.25, 0.3) is 16.3 Å². The molecule has 0 N–H and O–H groups in total. The number of anilines is 2. The van der Waals surface area contributed by atoms with E-state index < -0.39 is 0 Å². The predicted octanol–water partition coefficient (Wildman–Crippen LogP) is 9.76. The molecular weight excluding hydrogens is 422 g/mol. The molecule has 0 atom stereocenters. The Bertz CT molecular complexity index is 1300. The van der Waals surface area contributed by atoms with E-state index in [4.69, 9.17) is 0 Å². The maximum atomic E-state index is 3.69. The van der Waals surface area contributed by atoms with Crippen molar-refractivity contribution < 1.29 is 0 Å². The van der Waals surface area contributed by atoms with Crippen LogP contribution in [0.1, 0.15) is 26.3 Å². The van der Waals surface area contributed by atoms with Gasteiger partial charge in [0.25, 0.3) is 0 Å². The fourth-order valence-corrected chi connectivity index (χ4v) is 3.96. The average Bonchev–Trinajstić information content (AvgIpc) is 2.90. The van der Waals surface area contributed by atoms with Gasteiger partial charge in [-0.15, -0.1) is 0 Å².